The zero-order valence-corrected chi connectivity index (χ0v) is 15.4. The second-order valence-corrected chi connectivity index (χ2v) is 7.11. The molecule has 0 amide bonds. The number of rotatable bonds is 2. The van der Waals surface area contributed by atoms with Gasteiger partial charge in [0.15, 0.2) is 5.82 Å². The number of nitrogens with zero attached hydrogens (tertiary/aromatic N) is 4. The molecule has 0 fully saturated rings. The molecule has 0 spiro atoms. The molecule has 23 heavy (non-hydrogen) atoms. The second kappa shape index (κ2) is 6.85. The first-order valence-electron chi connectivity index (χ1n) is 7.32. The number of hydrogen-bond acceptors (Lipinski definition) is 4. The Bertz CT molecular complexity index is 797. The minimum atomic E-state index is 0.136. The van der Waals surface area contributed by atoms with Crippen LogP contribution in [0.25, 0.3) is 11.6 Å². The molecule has 118 valence electrons. The lowest BCUT2D eigenvalue weighted by Gasteiger charge is -2.06. The van der Waals surface area contributed by atoms with Crippen molar-refractivity contribution in [3.63, 3.8) is 0 Å². The van der Waals surface area contributed by atoms with E-state index in [9.17, 15) is 10.4 Å². The molecule has 1 aromatic heterocycles. The van der Waals surface area contributed by atoms with Crippen LogP contribution < -0.4 is 0 Å². The molecule has 1 aliphatic heterocycles. The summed E-state index contributed by atoms with van der Waals surface area (Å²) in [5.74, 6) is 1.70. The molecule has 1 aromatic carbocycles. The van der Waals surface area contributed by atoms with Gasteiger partial charge in [-0.2, -0.15) is 5.26 Å². The minimum Gasteiger partial charge on any atom is -0.506 e. The van der Waals surface area contributed by atoms with Crippen LogP contribution in [-0.2, 0) is 13.0 Å². The van der Waals surface area contributed by atoms with Gasteiger partial charge in [0.1, 0.15) is 17.6 Å². The van der Waals surface area contributed by atoms with Gasteiger partial charge in [-0.05, 0) is 68.5 Å². The van der Waals surface area contributed by atoms with Crippen molar-refractivity contribution in [1.29, 1.82) is 5.26 Å². The zero-order chi connectivity index (χ0) is 16.4. The van der Waals surface area contributed by atoms with Crippen LogP contribution >= 0.6 is 31.9 Å². The molecule has 0 unspecified atom stereocenters. The van der Waals surface area contributed by atoms with E-state index in [-0.39, 0.29) is 5.75 Å². The highest BCUT2D eigenvalue weighted by Crippen LogP contribution is 2.34. The van der Waals surface area contributed by atoms with E-state index in [0.29, 0.717) is 20.3 Å². The number of allylic oxidation sites excluding steroid dienone is 1. The van der Waals surface area contributed by atoms with Gasteiger partial charge in [-0.15, -0.1) is 10.2 Å². The van der Waals surface area contributed by atoms with Crippen molar-refractivity contribution in [2.75, 3.05) is 0 Å². The molecule has 0 radical (unpaired) electrons. The van der Waals surface area contributed by atoms with E-state index in [1.807, 2.05) is 4.57 Å². The lowest BCUT2D eigenvalue weighted by atomic mass is 10.1. The maximum Gasteiger partial charge on any atom is 0.174 e. The Hall–Kier alpha value is -1.65. The molecule has 0 bridgehead atoms. The van der Waals surface area contributed by atoms with E-state index in [2.05, 4.69) is 48.1 Å². The number of aromatic nitrogens is 3. The molecule has 0 aliphatic carbocycles. The number of benzene rings is 1. The fourth-order valence-electron chi connectivity index (χ4n) is 2.67. The molecule has 2 aromatic rings. The third kappa shape index (κ3) is 3.33. The summed E-state index contributed by atoms with van der Waals surface area (Å²) < 4.78 is 3.18. The molecule has 5 nitrogen and oxygen atoms in total. The highest BCUT2D eigenvalue weighted by Gasteiger charge is 2.18. The Morgan fingerprint density at radius 3 is 2.65 bits per heavy atom. The van der Waals surface area contributed by atoms with Crippen LogP contribution in [0.5, 0.6) is 5.75 Å². The summed E-state index contributed by atoms with van der Waals surface area (Å²) in [6.45, 7) is 0.847. The standard InChI is InChI=1S/C16H14Br2N4O/c17-12-7-10(8-13(18)15(12)23)6-11(9-19)16-21-20-14-4-2-1-3-5-22(14)16/h6-8,23H,1-5H2/b11-6+. The summed E-state index contributed by atoms with van der Waals surface area (Å²) in [6.07, 6.45) is 6.03. The molecule has 7 heteroatoms. The van der Waals surface area contributed by atoms with Crippen molar-refractivity contribution < 1.29 is 5.11 Å². The summed E-state index contributed by atoms with van der Waals surface area (Å²) in [6, 6.07) is 5.74. The van der Waals surface area contributed by atoms with Crippen molar-refractivity contribution in [3.05, 3.63) is 38.3 Å². The van der Waals surface area contributed by atoms with Crippen molar-refractivity contribution in [3.8, 4) is 11.8 Å². The van der Waals surface area contributed by atoms with Gasteiger partial charge in [-0.1, -0.05) is 6.42 Å². The maximum atomic E-state index is 9.79. The quantitative estimate of drug-likeness (QED) is 0.710. The van der Waals surface area contributed by atoms with Gasteiger partial charge in [-0.3, -0.25) is 0 Å². The fourth-order valence-corrected chi connectivity index (χ4v) is 3.89. The van der Waals surface area contributed by atoms with Gasteiger partial charge >= 0.3 is 0 Å². The molecule has 0 saturated heterocycles. The summed E-state index contributed by atoms with van der Waals surface area (Å²) in [5, 5.41) is 27.8. The number of fused-ring (bicyclic) bond motifs is 1. The largest absolute Gasteiger partial charge is 0.506 e. The summed E-state index contributed by atoms with van der Waals surface area (Å²) in [5.41, 5.74) is 1.26. The Labute approximate surface area is 150 Å². The van der Waals surface area contributed by atoms with Gasteiger partial charge in [0.25, 0.3) is 0 Å². The van der Waals surface area contributed by atoms with Crippen LogP contribution in [0, 0.1) is 11.3 Å². The smallest absolute Gasteiger partial charge is 0.174 e. The molecular formula is C16H14Br2N4O. The molecule has 1 aliphatic rings. The van der Waals surface area contributed by atoms with Crippen molar-refractivity contribution >= 4 is 43.5 Å². The molecule has 2 heterocycles. The Kier molecular flexibility index (Phi) is 4.83. The van der Waals surface area contributed by atoms with E-state index in [4.69, 9.17) is 0 Å². The lowest BCUT2D eigenvalue weighted by Crippen LogP contribution is -2.05. The van der Waals surface area contributed by atoms with Crippen molar-refractivity contribution in [1.82, 2.24) is 14.8 Å². The number of phenols is 1. The van der Waals surface area contributed by atoms with Gasteiger partial charge in [0.05, 0.1) is 14.5 Å². The number of aromatic hydroxyl groups is 1. The van der Waals surface area contributed by atoms with Crippen LogP contribution in [-0.4, -0.2) is 19.9 Å². The van der Waals surface area contributed by atoms with Crippen LogP contribution in [0.1, 0.15) is 36.5 Å². The minimum absolute atomic E-state index is 0.136. The first kappa shape index (κ1) is 16.2. The first-order valence-corrected chi connectivity index (χ1v) is 8.91. The second-order valence-electron chi connectivity index (χ2n) is 5.41. The van der Waals surface area contributed by atoms with E-state index in [1.165, 1.54) is 6.42 Å². The maximum absolute atomic E-state index is 9.79. The predicted octanol–water partition coefficient (Wildman–Crippen LogP) is 4.30. The zero-order valence-electron chi connectivity index (χ0n) is 12.3. The average Bonchev–Trinajstić information content (AvgIpc) is 2.78. The topological polar surface area (TPSA) is 74.7 Å². The van der Waals surface area contributed by atoms with Crippen LogP contribution in [0.15, 0.2) is 21.1 Å². The molecule has 0 saturated carbocycles. The summed E-state index contributed by atoms with van der Waals surface area (Å²) in [4.78, 5) is 0. The molecule has 1 N–H and O–H groups in total. The number of halogens is 2. The summed E-state index contributed by atoms with van der Waals surface area (Å²) in [7, 11) is 0. The van der Waals surface area contributed by atoms with E-state index in [1.54, 1.807) is 18.2 Å². The third-order valence-corrected chi connectivity index (χ3v) is 5.03. The van der Waals surface area contributed by atoms with Gasteiger partial charge in [0.2, 0.25) is 0 Å². The first-order chi connectivity index (χ1) is 11.1. The third-order valence-electron chi connectivity index (χ3n) is 3.82. The van der Waals surface area contributed by atoms with Crippen molar-refractivity contribution in [2.24, 2.45) is 0 Å². The number of nitriles is 1. The Balaban J connectivity index is 2.04. The fraction of sp³-hybridized carbons (Fsp3) is 0.312. The lowest BCUT2D eigenvalue weighted by molar-refractivity contribution is 0.468. The highest BCUT2D eigenvalue weighted by molar-refractivity contribution is 9.11. The van der Waals surface area contributed by atoms with E-state index in [0.717, 1.165) is 37.2 Å². The van der Waals surface area contributed by atoms with E-state index >= 15 is 0 Å². The number of aryl methyl sites for hydroxylation is 1. The van der Waals surface area contributed by atoms with E-state index < -0.39 is 0 Å². The molecule has 3 rings (SSSR count). The average molecular weight is 438 g/mol. The van der Waals surface area contributed by atoms with Crippen LogP contribution in [0.2, 0.25) is 0 Å². The SMILES string of the molecule is N#C/C(=C\c1cc(Br)c(O)c(Br)c1)c1nnc2n1CCCCC2. The van der Waals surface area contributed by atoms with Crippen LogP contribution in [0.3, 0.4) is 0 Å². The normalized spacial score (nSPS) is 14.9. The Morgan fingerprint density at radius 1 is 1.22 bits per heavy atom. The number of phenolic OH excluding ortho intramolecular Hbond substituents is 1. The summed E-state index contributed by atoms with van der Waals surface area (Å²) >= 11 is 6.61. The number of hydrogen-bond donors (Lipinski definition) is 1. The van der Waals surface area contributed by atoms with Gasteiger partial charge < -0.3 is 9.67 Å². The molecule has 0 atom stereocenters. The van der Waals surface area contributed by atoms with Gasteiger partial charge in [-0.25, -0.2) is 0 Å². The molecular weight excluding hydrogens is 424 g/mol. The van der Waals surface area contributed by atoms with Crippen molar-refractivity contribution in [2.45, 2.75) is 32.2 Å². The monoisotopic (exact) mass is 436 g/mol. The van der Waals surface area contributed by atoms with Gasteiger partial charge in [0, 0.05) is 13.0 Å². The highest BCUT2D eigenvalue weighted by atomic mass is 79.9. The van der Waals surface area contributed by atoms with Crippen LogP contribution in [0.4, 0.5) is 0 Å². The Morgan fingerprint density at radius 2 is 1.96 bits per heavy atom. The predicted molar refractivity (Wildman–Crippen MR) is 94.6 cm³/mol.